The van der Waals surface area contributed by atoms with Crippen LogP contribution in [-0.2, 0) is 9.59 Å². The number of benzene rings is 4. The van der Waals surface area contributed by atoms with Gasteiger partial charge < -0.3 is 34.9 Å². The van der Waals surface area contributed by atoms with Crippen molar-refractivity contribution in [1.29, 1.82) is 0 Å². The van der Waals surface area contributed by atoms with Gasteiger partial charge in [-0.3, -0.25) is 14.4 Å². The van der Waals surface area contributed by atoms with Crippen LogP contribution in [0, 0.1) is 0 Å². The maximum Gasteiger partial charge on any atom is 0.272 e. The van der Waals surface area contributed by atoms with Crippen molar-refractivity contribution in [1.82, 2.24) is 5.32 Å². The number of amides is 3. The van der Waals surface area contributed by atoms with E-state index in [4.69, 9.17) is 18.9 Å². The molecule has 11 heteroatoms. The van der Waals surface area contributed by atoms with E-state index in [2.05, 4.69) is 16.0 Å². The predicted molar refractivity (Wildman–Crippen MR) is 175 cm³/mol. The van der Waals surface area contributed by atoms with Crippen LogP contribution in [0.2, 0.25) is 0 Å². The van der Waals surface area contributed by atoms with Crippen molar-refractivity contribution in [3.05, 3.63) is 108 Å². The van der Waals surface area contributed by atoms with Gasteiger partial charge in [-0.1, -0.05) is 36.4 Å². The molecule has 3 amide bonds. The van der Waals surface area contributed by atoms with Crippen molar-refractivity contribution in [2.45, 2.75) is 4.90 Å². The van der Waals surface area contributed by atoms with Gasteiger partial charge >= 0.3 is 0 Å². The number of thioether (sulfide) groups is 1. The van der Waals surface area contributed by atoms with Crippen LogP contribution in [0.4, 0.5) is 11.4 Å². The van der Waals surface area contributed by atoms with Crippen LogP contribution >= 0.6 is 11.8 Å². The van der Waals surface area contributed by atoms with Crippen molar-refractivity contribution < 1.29 is 33.3 Å². The molecule has 0 aliphatic carbocycles. The molecule has 4 aromatic carbocycles. The largest absolute Gasteiger partial charge is 0.497 e. The van der Waals surface area contributed by atoms with Crippen molar-refractivity contribution in [2.24, 2.45) is 0 Å². The molecule has 0 fully saturated rings. The summed E-state index contributed by atoms with van der Waals surface area (Å²) in [5.74, 6) is 0.857. The van der Waals surface area contributed by atoms with Gasteiger partial charge in [0.2, 0.25) is 5.91 Å². The van der Waals surface area contributed by atoms with E-state index in [9.17, 15) is 14.4 Å². The second-order valence-corrected chi connectivity index (χ2v) is 10.4. The minimum absolute atomic E-state index is 0.0124. The molecule has 0 unspecified atom stereocenters. The van der Waals surface area contributed by atoms with Crippen LogP contribution in [0.1, 0.15) is 15.9 Å². The highest BCUT2D eigenvalue weighted by atomic mass is 32.2. The zero-order chi connectivity index (χ0) is 32.2. The second kappa shape index (κ2) is 15.9. The van der Waals surface area contributed by atoms with Crippen molar-refractivity contribution in [2.75, 3.05) is 44.8 Å². The SMILES string of the molecule is COc1cc(NC(=O)CSc2cccc(NC(=O)/C(=C\c3cccc(OC)c3OC)NC(=O)c3ccccc3)c2)cc(OC)c1. The molecule has 0 aliphatic rings. The molecular formula is C34H33N3O7S. The lowest BCUT2D eigenvalue weighted by Gasteiger charge is -2.14. The first kappa shape index (κ1) is 32.5. The fraction of sp³-hybridized carbons (Fsp3) is 0.147. The first-order valence-corrected chi connectivity index (χ1v) is 14.7. The molecule has 45 heavy (non-hydrogen) atoms. The fourth-order valence-electron chi connectivity index (χ4n) is 4.21. The lowest BCUT2D eigenvalue weighted by atomic mass is 10.1. The Bertz CT molecular complexity index is 1670. The van der Waals surface area contributed by atoms with Gasteiger partial charge in [0.05, 0.1) is 34.2 Å². The van der Waals surface area contributed by atoms with Crippen LogP contribution in [0.5, 0.6) is 23.0 Å². The second-order valence-electron chi connectivity index (χ2n) is 9.38. The summed E-state index contributed by atoms with van der Waals surface area (Å²) in [5, 5.41) is 8.40. The molecule has 232 valence electrons. The summed E-state index contributed by atoms with van der Waals surface area (Å²) in [6.45, 7) is 0. The van der Waals surface area contributed by atoms with E-state index >= 15 is 0 Å². The van der Waals surface area contributed by atoms with Crippen LogP contribution in [0.25, 0.3) is 6.08 Å². The average Bonchev–Trinajstić information content (AvgIpc) is 3.07. The topological polar surface area (TPSA) is 124 Å². The molecule has 3 N–H and O–H groups in total. The number of ether oxygens (including phenoxy) is 4. The van der Waals surface area contributed by atoms with E-state index in [0.717, 1.165) is 4.90 Å². The Morgan fingerprint density at radius 1 is 0.711 bits per heavy atom. The van der Waals surface area contributed by atoms with Gasteiger partial charge in [-0.15, -0.1) is 11.8 Å². The highest BCUT2D eigenvalue weighted by Crippen LogP contribution is 2.32. The Hall–Kier alpha value is -5.42. The Labute approximate surface area is 265 Å². The number of methoxy groups -OCH3 is 4. The summed E-state index contributed by atoms with van der Waals surface area (Å²) in [6, 6.07) is 26.0. The van der Waals surface area contributed by atoms with Gasteiger partial charge in [0, 0.05) is 45.6 Å². The van der Waals surface area contributed by atoms with Crippen molar-refractivity contribution >= 4 is 46.9 Å². The van der Waals surface area contributed by atoms with Crippen LogP contribution < -0.4 is 34.9 Å². The molecule has 0 aromatic heterocycles. The van der Waals surface area contributed by atoms with Crippen LogP contribution in [0.15, 0.2) is 102 Å². The average molecular weight is 628 g/mol. The maximum atomic E-state index is 13.6. The summed E-state index contributed by atoms with van der Waals surface area (Å²) >= 11 is 1.30. The number of anilines is 2. The molecular weight excluding hydrogens is 594 g/mol. The summed E-state index contributed by atoms with van der Waals surface area (Å²) in [5.41, 5.74) is 1.92. The molecule has 0 heterocycles. The minimum atomic E-state index is -0.559. The van der Waals surface area contributed by atoms with E-state index in [1.807, 2.05) is 6.07 Å². The highest BCUT2D eigenvalue weighted by molar-refractivity contribution is 8.00. The van der Waals surface area contributed by atoms with Crippen molar-refractivity contribution in [3.63, 3.8) is 0 Å². The number of rotatable bonds is 13. The lowest BCUT2D eigenvalue weighted by Crippen LogP contribution is -2.30. The van der Waals surface area contributed by atoms with Crippen molar-refractivity contribution in [3.8, 4) is 23.0 Å². The standard InChI is InChI=1S/C34H33N3O7S/c1-41-26-17-25(18-27(20-26)42-2)35-31(38)21-45-28-14-9-13-24(19-28)36-34(40)29(37-33(39)22-10-6-5-7-11-22)16-23-12-8-15-30(43-3)32(23)44-4/h5-20H,21H2,1-4H3,(H,35,38)(H,36,40)(H,37,39)/b29-16+. The number of hydrogen-bond acceptors (Lipinski definition) is 8. The van der Waals surface area contributed by atoms with E-state index < -0.39 is 11.8 Å². The van der Waals surface area contributed by atoms with Gasteiger partial charge in [0.1, 0.15) is 17.2 Å². The molecule has 0 aliphatic heterocycles. The Kier molecular flexibility index (Phi) is 11.5. The van der Waals surface area contributed by atoms with Gasteiger partial charge in [0.25, 0.3) is 11.8 Å². The smallest absolute Gasteiger partial charge is 0.272 e. The third-order valence-electron chi connectivity index (χ3n) is 6.36. The third kappa shape index (κ3) is 9.04. The van der Waals surface area contributed by atoms with Gasteiger partial charge in [0.15, 0.2) is 11.5 Å². The predicted octanol–water partition coefficient (Wildman–Crippen LogP) is 5.86. The summed E-state index contributed by atoms with van der Waals surface area (Å²) in [4.78, 5) is 40.0. The molecule has 4 aromatic rings. The molecule has 4 rings (SSSR count). The summed E-state index contributed by atoms with van der Waals surface area (Å²) < 4.78 is 21.4. The Balaban J connectivity index is 1.50. The van der Waals surface area contributed by atoms with Crippen LogP contribution in [0.3, 0.4) is 0 Å². The van der Waals surface area contributed by atoms with E-state index in [0.29, 0.717) is 45.5 Å². The molecule has 0 bridgehead atoms. The van der Waals surface area contributed by atoms with Gasteiger partial charge in [-0.2, -0.15) is 0 Å². The van der Waals surface area contributed by atoms with E-state index in [1.165, 1.54) is 46.3 Å². The van der Waals surface area contributed by atoms with Gasteiger partial charge in [-0.05, 0) is 42.5 Å². The number of carbonyl (C=O) groups excluding carboxylic acids is 3. The maximum absolute atomic E-state index is 13.6. The first-order chi connectivity index (χ1) is 21.8. The van der Waals surface area contributed by atoms with Gasteiger partial charge in [-0.25, -0.2) is 0 Å². The minimum Gasteiger partial charge on any atom is -0.497 e. The molecule has 0 saturated carbocycles. The Morgan fingerprint density at radius 2 is 1.42 bits per heavy atom. The quantitative estimate of drug-likeness (QED) is 0.124. The molecule has 0 atom stereocenters. The number of nitrogens with one attached hydrogen (secondary N) is 3. The first-order valence-electron chi connectivity index (χ1n) is 13.7. The monoisotopic (exact) mass is 627 g/mol. The zero-order valence-electron chi connectivity index (χ0n) is 25.2. The number of carbonyl (C=O) groups is 3. The van der Waals surface area contributed by atoms with Crippen LogP contribution in [-0.4, -0.2) is 51.9 Å². The summed E-state index contributed by atoms with van der Waals surface area (Å²) in [7, 11) is 6.08. The zero-order valence-corrected chi connectivity index (χ0v) is 26.0. The molecule has 0 radical (unpaired) electrons. The molecule has 10 nitrogen and oxygen atoms in total. The normalized spacial score (nSPS) is 10.8. The number of hydrogen-bond donors (Lipinski definition) is 3. The highest BCUT2D eigenvalue weighted by Gasteiger charge is 2.18. The third-order valence-corrected chi connectivity index (χ3v) is 7.35. The van der Waals surface area contributed by atoms with E-state index in [1.54, 1.807) is 84.9 Å². The Morgan fingerprint density at radius 3 is 2.09 bits per heavy atom. The fourth-order valence-corrected chi connectivity index (χ4v) is 4.97. The number of para-hydroxylation sites is 1. The molecule has 0 spiro atoms. The summed E-state index contributed by atoms with van der Waals surface area (Å²) in [6.07, 6.45) is 1.52. The molecule has 0 saturated heterocycles. The van der Waals surface area contributed by atoms with E-state index in [-0.39, 0.29) is 17.4 Å². The lowest BCUT2D eigenvalue weighted by molar-refractivity contribution is -0.114.